The Morgan fingerprint density at radius 1 is 1.24 bits per heavy atom. The van der Waals surface area contributed by atoms with Crippen molar-refractivity contribution in [1.29, 1.82) is 0 Å². The summed E-state index contributed by atoms with van der Waals surface area (Å²) in [6.07, 6.45) is 2.21. The highest BCUT2D eigenvalue weighted by atomic mass is 19.1. The van der Waals surface area contributed by atoms with Gasteiger partial charge in [-0.25, -0.2) is 14.4 Å². The fourth-order valence-corrected chi connectivity index (χ4v) is 1.45. The molecular weight excluding hydrogens is 219 g/mol. The van der Waals surface area contributed by atoms with Crippen molar-refractivity contribution in [2.75, 3.05) is 17.6 Å². The number of para-hydroxylation sites is 1. The molecule has 0 radical (unpaired) electrons. The molecule has 2 rings (SSSR count). The largest absolute Gasteiger partial charge is 0.384 e. The van der Waals surface area contributed by atoms with E-state index in [9.17, 15) is 4.39 Å². The van der Waals surface area contributed by atoms with Crippen LogP contribution >= 0.6 is 0 Å². The number of nitrogens with two attached hydrogens (primary N) is 1. The van der Waals surface area contributed by atoms with Crippen molar-refractivity contribution in [2.24, 2.45) is 0 Å². The second-order valence-electron chi connectivity index (χ2n) is 3.55. The summed E-state index contributed by atoms with van der Waals surface area (Å²) in [5.74, 6) is 0.829. The lowest BCUT2D eigenvalue weighted by molar-refractivity contribution is 0.630. The van der Waals surface area contributed by atoms with Crippen LogP contribution in [0.5, 0.6) is 0 Å². The minimum Gasteiger partial charge on any atom is -0.384 e. The van der Waals surface area contributed by atoms with E-state index in [4.69, 9.17) is 5.73 Å². The van der Waals surface area contributed by atoms with Gasteiger partial charge in [0.25, 0.3) is 0 Å². The molecule has 5 heteroatoms. The molecule has 17 heavy (non-hydrogen) atoms. The van der Waals surface area contributed by atoms with Crippen molar-refractivity contribution in [3.63, 3.8) is 0 Å². The lowest BCUT2D eigenvalue weighted by Gasteiger charge is -2.06. The number of hydrogen-bond acceptors (Lipinski definition) is 4. The Bertz CT molecular complexity index is 501. The fraction of sp³-hybridized carbons (Fsp3) is 0.167. The molecule has 0 aliphatic carbocycles. The number of benzene rings is 1. The van der Waals surface area contributed by atoms with Crippen molar-refractivity contribution >= 4 is 11.5 Å². The molecule has 4 nitrogen and oxygen atoms in total. The second kappa shape index (κ2) is 5.25. The summed E-state index contributed by atoms with van der Waals surface area (Å²) in [6.45, 7) is 0.560. The van der Waals surface area contributed by atoms with Crippen LogP contribution in [0.4, 0.5) is 15.9 Å². The average Bonchev–Trinajstić information content (AvgIpc) is 2.32. The van der Waals surface area contributed by atoms with Crippen LogP contribution in [0.3, 0.4) is 0 Å². The van der Waals surface area contributed by atoms with Crippen LogP contribution in [0.1, 0.15) is 5.82 Å². The summed E-state index contributed by atoms with van der Waals surface area (Å²) in [5.41, 5.74) is 6.02. The summed E-state index contributed by atoms with van der Waals surface area (Å²) in [7, 11) is 0. The smallest absolute Gasteiger partial charge is 0.146 e. The number of aromatic nitrogens is 2. The SMILES string of the molecule is Nc1ccnc(CCNc2ccccc2F)n1. The monoisotopic (exact) mass is 232 g/mol. The normalized spacial score (nSPS) is 10.2. The van der Waals surface area contributed by atoms with Gasteiger partial charge in [-0.15, -0.1) is 0 Å². The van der Waals surface area contributed by atoms with Gasteiger partial charge in [0.15, 0.2) is 0 Å². The number of hydrogen-bond donors (Lipinski definition) is 2. The lowest BCUT2D eigenvalue weighted by atomic mass is 10.3. The fourth-order valence-electron chi connectivity index (χ4n) is 1.45. The van der Waals surface area contributed by atoms with Crippen molar-refractivity contribution in [1.82, 2.24) is 9.97 Å². The molecule has 88 valence electrons. The third-order valence-corrected chi connectivity index (χ3v) is 2.26. The summed E-state index contributed by atoms with van der Waals surface area (Å²) in [5, 5.41) is 2.99. The summed E-state index contributed by atoms with van der Waals surface area (Å²) in [4.78, 5) is 8.13. The number of rotatable bonds is 4. The van der Waals surface area contributed by atoms with E-state index in [1.165, 1.54) is 6.07 Å². The first-order chi connectivity index (χ1) is 8.25. The average molecular weight is 232 g/mol. The van der Waals surface area contributed by atoms with Crippen LogP contribution in [0.2, 0.25) is 0 Å². The van der Waals surface area contributed by atoms with Crippen LogP contribution < -0.4 is 11.1 Å². The zero-order valence-electron chi connectivity index (χ0n) is 9.23. The van der Waals surface area contributed by atoms with Gasteiger partial charge in [0.1, 0.15) is 17.5 Å². The van der Waals surface area contributed by atoms with Gasteiger partial charge in [-0.05, 0) is 18.2 Å². The standard InChI is InChI=1S/C12H13FN4/c13-9-3-1-2-4-10(9)15-8-6-12-16-7-5-11(14)17-12/h1-5,7,15H,6,8H2,(H2,14,16,17). The van der Waals surface area contributed by atoms with E-state index < -0.39 is 0 Å². The van der Waals surface area contributed by atoms with Crippen molar-refractivity contribution in [3.8, 4) is 0 Å². The van der Waals surface area contributed by atoms with E-state index in [2.05, 4.69) is 15.3 Å². The minimum atomic E-state index is -0.263. The quantitative estimate of drug-likeness (QED) is 0.844. The number of nitrogen functional groups attached to an aromatic ring is 1. The molecule has 2 aromatic rings. The third kappa shape index (κ3) is 3.14. The maximum absolute atomic E-state index is 13.3. The molecule has 0 aliphatic rings. The summed E-state index contributed by atoms with van der Waals surface area (Å²) >= 11 is 0. The van der Waals surface area contributed by atoms with Crippen LogP contribution in [0, 0.1) is 5.82 Å². The summed E-state index contributed by atoms with van der Waals surface area (Å²) in [6, 6.07) is 8.17. The summed E-state index contributed by atoms with van der Waals surface area (Å²) < 4.78 is 13.3. The van der Waals surface area contributed by atoms with E-state index in [0.717, 1.165) is 0 Å². The molecule has 0 saturated carbocycles. The molecule has 0 aliphatic heterocycles. The van der Waals surface area contributed by atoms with Gasteiger partial charge in [0.2, 0.25) is 0 Å². The lowest BCUT2D eigenvalue weighted by Crippen LogP contribution is -2.09. The van der Waals surface area contributed by atoms with E-state index in [0.29, 0.717) is 30.3 Å². The number of nitrogens with one attached hydrogen (secondary N) is 1. The van der Waals surface area contributed by atoms with E-state index in [-0.39, 0.29) is 5.82 Å². The molecule has 0 amide bonds. The zero-order chi connectivity index (χ0) is 12.1. The first-order valence-electron chi connectivity index (χ1n) is 5.31. The molecule has 0 atom stereocenters. The molecule has 0 fully saturated rings. The Morgan fingerprint density at radius 3 is 2.82 bits per heavy atom. The maximum Gasteiger partial charge on any atom is 0.146 e. The van der Waals surface area contributed by atoms with Gasteiger partial charge in [0.05, 0.1) is 5.69 Å². The highest BCUT2D eigenvalue weighted by Gasteiger charge is 2.00. The van der Waals surface area contributed by atoms with Crippen LogP contribution in [0.25, 0.3) is 0 Å². The second-order valence-corrected chi connectivity index (χ2v) is 3.55. The van der Waals surface area contributed by atoms with Crippen LogP contribution in [0.15, 0.2) is 36.5 Å². The van der Waals surface area contributed by atoms with Gasteiger partial charge < -0.3 is 11.1 Å². The number of anilines is 2. The predicted octanol–water partition coefficient (Wildman–Crippen LogP) is 1.85. The topological polar surface area (TPSA) is 63.8 Å². The Kier molecular flexibility index (Phi) is 3.49. The van der Waals surface area contributed by atoms with Crippen LogP contribution in [-0.2, 0) is 6.42 Å². The number of nitrogens with zero attached hydrogens (tertiary/aromatic N) is 2. The Balaban J connectivity index is 1.90. The van der Waals surface area contributed by atoms with Crippen molar-refractivity contribution in [3.05, 3.63) is 48.2 Å². The molecule has 1 aromatic carbocycles. The van der Waals surface area contributed by atoms with Gasteiger partial charge in [-0.3, -0.25) is 0 Å². The first-order valence-corrected chi connectivity index (χ1v) is 5.31. The Morgan fingerprint density at radius 2 is 2.06 bits per heavy atom. The Hall–Kier alpha value is -2.17. The van der Waals surface area contributed by atoms with Gasteiger partial charge in [-0.2, -0.15) is 0 Å². The third-order valence-electron chi connectivity index (χ3n) is 2.26. The van der Waals surface area contributed by atoms with Gasteiger partial charge in [-0.1, -0.05) is 12.1 Å². The molecule has 1 aromatic heterocycles. The van der Waals surface area contributed by atoms with E-state index >= 15 is 0 Å². The molecular formula is C12H13FN4. The highest BCUT2D eigenvalue weighted by Crippen LogP contribution is 2.11. The minimum absolute atomic E-state index is 0.263. The number of halogens is 1. The molecule has 0 bridgehead atoms. The van der Waals surface area contributed by atoms with E-state index in [1.54, 1.807) is 30.5 Å². The molecule has 1 heterocycles. The van der Waals surface area contributed by atoms with Crippen molar-refractivity contribution < 1.29 is 4.39 Å². The first kappa shape index (κ1) is 11.3. The molecule has 0 unspecified atom stereocenters. The highest BCUT2D eigenvalue weighted by molar-refractivity contribution is 5.44. The Labute approximate surface area is 98.7 Å². The maximum atomic E-state index is 13.3. The molecule has 0 spiro atoms. The molecule has 0 saturated heterocycles. The zero-order valence-corrected chi connectivity index (χ0v) is 9.23. The van der Waals surface area contributed by atoms with Crippen LogP contribution in [-0.4, -0.2) is 16.5 Å². The predicted molar refractivity (Wildman–Crippen MR) is 65.0 cm³/mol. The van der Waals surface area contributed by atoms with Crippen molar-refractivity contribution in [2.45, 2.75) is 6.42 Å². The molecule has 3 N–H and O–H groups in total. The van der Waals surface area contributed by atoms with E-state index in [1.807, 2.05) is 0 Å². The van der Waals surface area contributed by atoms with Gasteiger partial charge in [0, 0.05) is 19.2 Å². The van der Waals surface area contributed by atoms with Gasteiger partial charge >= 0.3 is 0 Å².